The Bertz CT molecular complexity index is 776. The minimum atomic E-state index is 0.390. The van der Waals surface area contributed by atoms with E-state index >= 15 is 0 Å². The first kappa shape index (κ1) is 19.5. The minimum absolute atomic E-state index is 0.390. The third-order valence-electron chi connectivity index (χ3n) is 3.55. The lowest BCUT2D eigenvalue weighted by Gasteiger charge is -2.11. The fourth-order valence-corrected chi connectivity index (χ4v) is 2.42. The Labute approximate surface area is 159 Å². The zero-order chi connectivity index (χ0) is 18.9. The first-order valence-electron chi connectivity index (χ1n) is 8.14. The summed E-state index contributed by atoms with van der Waals surface area (Å²) in [5.41, 5.74) is 5.28. The van der Waals surface area contributed by atoms with Crippen molar-refractivity contribution in [3.05, 3.63) is 48.0 Å². The number of nitrogens with one attached hydrogen (secondary N) is 2. The van der Waals surface area contributed by atoms with Crippen molar-refractivity contribution in [3.63, 3.8) is 0 Å². The average molecular weight is 373 g/mol. The molecule has 0 unspecified atom stereocenters. The number of nitrogens with zero attached hydrogens (tertiary/aromatic N) is 1. The second-order valence-corrected chi connectivity index (χ2v) is 5.69. The predicted octanol–water partition coefficient (Wildman–Crippen LogP) is 3.81. The third kappa shape index (κ3) is 5.35. The standard InChI is InChI=1S/C19H23N3O3S/c1-5-25-15-8-6-14(7-9-15)20-19(26)22-21-13(2)17-11-10-16(23-3)12-18(17)24-4/h6-12H,5H2,1-4H3,(H2,20,22,26)/b21-13-. The van der Waals surface area contributed by atoms with Crippen molar-refractivity contribution >= 4 is 28.7 Å². The SMILES string of the molecule is CCOc1ccc(NC(=S)N/N=C(/C)c2ccc(OC)cc2OC)cc1. The van der Waals surface area contributed by atoms with Crippen LogP contribution in [-0.2, 0) is 0 Å². The molecule has 0 atom stereocenters. The highest BCUT2D eigenvalue weighted by atomic mass is 32.1. The number of anilines is 1. The highest BCUT2D eigenvalue weighted by molar-refractivity contribution is 7.80. The summed E-state index contributed by atoms with van der Waals surface area (Å²) in [6.07, 6.45) is 0. The summed E-state index contributed by atoms with van der Waals surface area (Å²) in [6.45, 7) is 4.45. The largest absolute Gasteiger partial charge is 0.497 e. The van der Waals surface area contributed by atoms with Gasteiger partial charge in [-0.15, -0.1) is 0 Å². The van der Waals surface area contributed by atoms with E-state index in [1.54, 1.807) is 14.2 Å². The molecule has 0 aliphatic rings. The van der Waals surface area contributed by atoms with E-state index in [1.807, 2.05) is 56.3 Å². The molecule has 0 saturated heterocycles. The van der Waals surface area contributed by atoms with Crippen molar-refractivity contribution in [1.29, 1.82) is 0 Å². The van der Waals surface area contributed by atoms with Gasteiger partial charge in [0.15, 0.2) is 5.11 Å². The third-order valence-corrected chi connectivity index (χ3v) is 3.74. The lowest BCUT2D eigenvalue weighted by Crippen LogP contribution is -2.25. The van der Waals surface area contributed by atoms with Crippen LogP contribution in [0.4, 0.5) is 5.69 Å². The normalized spacial score (nSPS) is 10.8. The molecule has 6 nitrogen and oxygen atoms in total. The van der Waals surface area contributed by atoms with Crippen LogP contribution in [0.5, 0.6) is 17.2 Å². The maximum absolute atomic E-state index is 5.41. The fraction of sp³-hybridized carbons (Fsp3) is 0.263. The first-order valence-corrected chi connectivity index (χ1v) is 8.54. The summed E-state index contributed by atoms with van der Waals surface area (Å²) >= 11 is 5.28. The Morgan fingerprint density at radius 2 is 1.73 bits per heavy atom. The van der Waals surface area contributed by atoms with Gasteiger partial charge in [0.25, 0.3) is 0 Å². The summed E-state index contributed by atoms with van der Waals surface area (Å²) < 4.78 is 16.0. The minimum Gasteiger partial charge on any atom is -0.497 e. The van der Waals surface area contributed by atoms with Gasteiger partial charge in [-0.1, -0.05) is 0 Å². The predicted molar refractivity (Wildman–Crippen MR) is 109 cm³/mol. The molecule has 0 bridgehead atoms. The molecule has 0 aliphatic heterocycles. The van der Waals surface area contributed by atoms with Gasteiger partial charge in [-0.2, -0.15) is 5.10 Å². The maximum atomic E-state index is 5.41. The quantitative estimate of drug-likeness (QED) is 0.437. The molecule has 0 amide bonds. The smallest absolute Gasteiger partial charge is 0.191 e. The maximum Gasteiger partial charge on any atom is 0.191 e. The van der Waals surface area contributed by atoms with E-state index in [2.05, 4.69) is 15.8 Å². The average Bonchev–Trinajstić information content (AvgIpc) is 2.67. The summed E-state index contributed by atoms with van der Waals surface area (Å²) in [4.78, 5) is 0. The fourth-order valence-electron chi connectivity index (χ4n) is 2.25. The van der Waals surface area contributed by atoms with Crippen LogP contribution in [0.1, 0.15) is 19.4 Å². The Hall–Kier alpha value is -2.80. The van der Waals surface area contributed by atoms with Crippen molar-refractivity contribution in [2.75, 3.05) is 26.1 Å². The number of ether oxygens (including phenoxy) is 3. The van der Waals surface area contributed by atoms with E-state index in [4.69, 9.17) is 26.4 Å². The van der Waals surface area contributed by atoms with E-state index in [1.165, 1.54) is 0 Å². The first-order chi connectivity index (χ1) is 12.6. The van der Waals surface area contributed by atoms with Crippen LogP contribution < -0.4 is 25.0 Å². The number of methoxy groups -OCH3 is 2. The molecule has 2 aromatic carbocycles. The molecular formula is C19H23N3O3S. The molecule has 138 valence electrons. The van der Waals surface area contributed by atoms with Gasteiger partial charge in [-0.05, 0) is 62.5 Å². The molecule has 0 aliphatic carbocycles. The summed E-state index contributed by atoms with van der Waals surface area (Å²) in [5, 5.41) is 7.78. The highest BCUT2D eigenvalue weighted by Crippen LogP contribution is 2.25. The summed E-state index contributed by atoms with van der Waals surface area (Å²) in [7, 11) is 3.22. The summed E-state index contributed by atoms with van der Waals surface area (Å²) in [5.74, 6) is 2.22. The van der Waals surface area contributed by atoms with Crippen LogP contribution in [-0.4, -0.2) is 31.7 Å². The zero-order valence-corrected chi connectivity index (χ0v) is 16.1. The molecule has 0 radical (unpaired) electrons. The van der Waals surface area contributed by atoms with Crippen LogP contribution >= 0.6 is 12.2 Å². The summed E-state index contributed by atoms with van der Waals surface area (Å²) in [6, 6.07) is 13.1. The van der Waals surface area contributed by atoms with Gasteiger partial charge < -0.3 is 19.5 Å². The van der Waals surface area contributed by atoms with Crippen molar-refractivity contribution in [3.8, 4) is 17.2 Å². The molecule has 26 heavy (non-hydrogen) atoms. The van der Waals surface area contributed by atoms with Crippen LogP contribution in [0, 0.1) is 0 Å². The number of hydrogen-bond acceptors (Lipinski definition) is 5. The van der Waals surface area contributed by atoms with Gasteiger partial charge in [0.05, 0.1) is 26.5 Å². The van der Waals surface area contributed by atoms with Gasteiger partial charge in [0.1, 0.15) is 17.2 Å². The molecule has 7 heteroatoms. The van der Waals surface area contributed by atoms with Gasteiger partial charge >= 0.3 is 0 Å². The molecule has 0 aromatic heterocycles. The van der Waals surface area contributed by atoms with Gasteiger partial charge in [0, 0.05) is 17.3 Å². The van der Waals surface area contributed by atoms with Crippen LogP contribution in [0.25, 0.3) is 0 Å². The van der Waals surface area contributed by atoms with Crippen LogP contribution in [0.2, 0.25) is 0 Å². The second-order valence-electron chi connectivity index (χ2n) is 5.29. The Morgan fingerprint density at radius 3 is 2.35 bits per heavy atom. The van der Waals surface area contributed by atoms with Crippen molar-refractivity contribution in [1.82, 2.24) is 5.43 Å². The molecule has 0 spiro atoms. The molecular weight excluding hydrogens is 350 g/mol. The monoisotopic (exact) mass is 373 g/mol. The molecule has 2 N–H and O–H groups in total. The van der Waals surface area contributed by atoms with E-state index in [9.17, 15) is 0 Å². The van der Waals surface area contributed by atoms with Crippen LogP contribution in [0.3, 0.4) is 0 Å². The lowest BCUT2D eigenvalue weighted by atomic mass is 10.1. The second kappa shape index (κ2) is 9.62. The van der Waals surface area contributed by atoms with Crippen LogP contribution in [0.15, 0.2) is 47.6 Å². The van der Waals surface area contributed by atoms with Crippen molar-refractivity contribution in [2.24, 2.45) is 5.10 Å². The number of hydrogen-bond donors (Lipinski definition) is 2. The van der Waals surface area contributed by atoms with Gasteiger partial charge in [-0.25, -0.2) is 0 Å². The molecule has 2 rings (SSSR count). The molecule has 0 heterocycles. The van der Waals surface area contributed by atoms with E-state index in [0.717, 1.165) is 28.5 Å². The number of thiocarbonyl (C=S) groups is 1. The van der Waals surface area contributed by atoms with E-state index in [0.29, 0.717) is 17.5 Å². The molecule has 0 fully saturated rings. The van der Waals surface area contributed by atoms with E-state index < -0.39 is 0 Å². The van der Waals surface area contributed by atoms with Crippen molar-refractivity contribution in [2.45, 2.75) is 13.8 Å². The number of hydrazone groups is 1. The number of benzene rings is 2. The lowest BCUT2D eigenvalue weighted by molar-refractivity contribution is 0.340. The van der Waals surface area contributed by atoms with Gasteiger partial charge in [-0.3, -0.25) is 5.43 Å². The molecule has 2 aromatic rings. The van der Waals surface area contributed by atoms with Crippen molar-refractivity contribution < 1.29 is 14.2 Å². The number of rotatable bonds is 7. The van der Waals surface area contributed by atoms with E-state index in [-0.39, 0.29) is 0 Å². The Morgan fingerprint density at radius 1 is 1.04 bits per heavy atom. The topological polar surface area (TPSA) is 64.1 Å². The Balaban J connectivity index is 2.00. The highest BCUT2D eigenvalue weighted by Gasteiger charge is 2.08. The Kier molecular flexibility index (Phi) is 7.23. The van der Waals surface area contributed by atoms with Gasteiger partial charge in [0.2, 0.25) is 0 Å². The molecule has 0 saturated carbocycles. The zero-order valence-electron chi connectivity index (χ0n) is 15.3.